The average molecular weight is 370 g/mol. The Labute approximate surface area is 156 Å². The van der Waals surface area contributed by atoms with Crippen LogP contribution < -0.4 is 22.1 Å². The van der Waals surface area contributed by atoms with Crippen LogP contribution in [0.2, 0.25) is 5.02 Å². The lowest BCUT2D eigenvalue weighted by Gasteiger charge is -2.25. The Hall–Kier alpha value is -2.83. The van der Waals surface area contributed by atoms with E-state index in [0.717, 1.165) is 11.1 Å². The first-order valence-electron chi connectivity index (χ1n) is 8.22. The van der Waals surface area contributed by atoms with Crippen LogP contribution >= 0.6 is 11.6 Å². The Bertz CT molecular complexity index is 960. The fourth-order valence-electron chi connectivity index (χ4n) is 2.83. The van der Waals surface area contributed by atoms with Crippen molar-refractivity contribution in [2.24, 2.45) is 5.73 Å². The van der Waals surface area contributed by atoms with Crippen molar-refractivity contribution in [1.29, 1.82) is 0 Å². The predicted molar refractivity (Wildman–Crippen MR) is 107 cm³/mol. The molecule has 6 nitrogen and oxygen atoms in total. The molecule has 0 fully saturated rings. The number of carbonyl (C=O) groups is 1. The van der Waals surface area contributed by atoms with Crippen LogP contribution in [0.5, 0.6) is 0 Å². The van der Waals surface area contributed by atoms with Gasteiger partial charge in [0.15, 0.2) is 0 Å². The minimum Gasteiger partial charge on any atom is -0.399 e. The summed E-state index contributed by atoms with van der Waals surface area (Å²) in [6.45, 7) is 0.913. The topological polar surface area (TPSA) is 111 Å². The molecule has 0 aliphatic heterocycles. The van der Waals surface area contributed by atoms with Crippen molar-refractivity contribution in [3.63, 3.8) is 0 Å². The second-order valence-electron chi connectivity index (χ2n) is 5.94. The van der Waals surface area contributed by atoms with E-state index in [0.29, 0.717) is 47.0 Å². The van der Waals surface area contributed by atoms with Crippen molar-refractivity contribution >= 4 is 45.5 Å². The van der Waals surface area contributed by atoms with E-state index in [4.69, 9.17) is 28.8 Å². The number of hydrogen-bond acceptors (Lipinski definition) is 5. The van der Waals surface area contributed by atoms with Gasteiger partial charge >= 0.3 is 0 Å². The lowest BCUT2D eigenvalue weighted by Crippen LogP contribution is -2.33. The third-order valence-electron chi connectivity index (χ3n) is 4.11. The van der Waals surface area contributed by atoms with Crippen molar-refractivity contribution in [1.82, 2.24) is 4.98 Å². The maximum Gasteiger partial charge on any atom is 0.260 e. The average Bonchev–Trinajstić information content (AvgIpc) is 2.63. The van der Waals surface area contributed by atoms with Crippen LogP contribution in [0.25, 0.3) is 10.9 Å². The maximum absolute atomic E-state index is 13.2. The summed E-state index contributed by atoms with van der Waals surface area (Å²) in [5, 5.41) is 1.41. The molecule has 0 spiro atoms. The van der Waals surface area contributed by atoms with Gasteiger partial charge in [0.2, 0.25) is 0 Å². The van der Waals surface area contributed by atoms with E-state index in [9.17, 15) is 4.79 Å². The monoisotopic (exact) mass is 369 g/mol. The molecule has 0 saturated carbocycles. The van der Waals surface area contributed by atoms with Crippen molar-refractivity contribution in [2.75, 3.05) is 29.5 Å². The number of aromatic nitrogens is 1. The van der Waals surface area contributed by atoms with Crippen molar-refractivity contribution in [3.8, 4) is 0 Å². The van der Waals surface area contributed by atoms with E-state index in [2.05, 4.69) is 4.98 Å². The zero-order valence-electron chi connectivity index (χ0n) is 14.2. The van der Waals surface area contributed by atoms with Gasteiger partial charge in [-0.15, -0.1) is 0 Å². The predicted octanol–water partition coefficient (Wildman–Crippen LogP) is 3.05. The summed E-state index contributed by atoms with van der Waals surface area (Å²) in [6.07, 6.45) is 2.30. The quantitative estimate of drug-likeness (QED) is 0.598. The third kappa shape index (κ3) is 3.56. The first kappa shape index (κ1) is 18.0. The highest BCUT2D eigenvalue weighted by Gasteiger charge is 2.21. The Balaban J connectivity index is 2.12. The first-order valence-corrected chi connectivity index (χ1v) is 8.60. The number of rotatable bonds is 5. The number of nitrogen functional groups attached to an aromatic ring is 2. The van der Waals surface area contributed by atoms with Gasteiger partial charge in [-0.2, -0.15) is 0 Å². The van der Waals surface area contributed by atoms with E-state index >= 15 is 0 Å². The van der Waals surface area contributed by atoms with Gasteiger partial charge in [0.25, 0.3) is 5.91 Å². The summed E-state index contributed by atoms with van der Waals surface area (Å²) in [5.41, 5.74) is 20.2. The van der Waals surface area contributed by atoms with Crippen LogP contribution in [0.4, 0.5) is 17.1 Å². The number of pyridine rings is 1. The van der Waals surface area contributed by atoms with Crippen LogP contribution in [-0.2, 0) is 0 Å². The molecule has 0 aliphatic carbocycles. The molecule has 1 amide bonds. The molecule has 7 heteroatoms. The third-order valence-corrected chi connectivity index (χ3v) is 4.35. The molecule has 134 valence electrons. The molecule has 6 N–H and O–H groups in total. The SMILES string of the molecule is NCCCN(C(=O)c1cc(N)ccc1N)c1ccnc2cc(Cl)ccc12. The number of anilines is 3. The number of halogens is 1. The molecular formula is C19H20ClN5O. The highest BCUT2D eigenvalue weighted by Crippen LogP contribution is 2.30. The van der Waals surface area contributed by atoms with Gasteiger partial charge in [-0.25, -0.2) is 0 Å². The first-order chi connectivity index (χ1) is 12.5. The summed E-state index contributed by atoms with van der Waals surface area (Å²) in [7, 11) is 0. The van der Waals surface area contributed by atoms with Crippen LogP contribution in [0.1, 0.15) is 16.8 Å². The molecule has 1 heterocycles. The number of nitrogens with zero attached hydrogens (tertiary/aromatic N) is 2. The van der Waals surface area contributed by atoms with Crippen LogP contribution in [0.15, 0.2) is 48.7 Å². The molecule has 26 heavy (non-hydrogen) atoms. The second kappa shape index (κ2) is 7.59. The summed E-state index contributed by atoms with van der Waals surface area (Å²) in [4.78, 5) is 19.2. The number of fused-ring (bicyclic) bond motifs is 1. The maximum atomic E-state index is 13.2. The van der Waals surface area contributed by atoms with E-state index in [1.807, 2.05) is 6.07 Å². The molecule has 0 aliphatic rings. The highest BCUT2D eigenvalue weighted by molar-refractivity contribution is 6.31. The van der Waals surface area contributed by atoms with Crippen molar-refractivity contribution in [3.05, 3.63) is 59.2 Å². The number of amides is 1. The van der Waals surface area contributed by atoms with Crippen LogP contribution in [-0.4, -0.2) is 24.0 Å². The van der Waals surface area contributed by atoms with E-state index in [-0.39, 0.29) is 5.91 Å². The number of hydrogen-bond donors (Lipinski definition) is 3. The molecule has 3 aromatic rings. The zero-order chi connectivity index (χ0) is 18.7. The summed E-state index contributed by atoms with van der Waals surface area (Å²) < 4.78 is 0. The van der Waals surface area contributed by atoms with E-state index < -0.39 is 0 Å². The summed E-state index contributed by atoms with van der Waals surface area (Å²) in [5.74, 6) is -0.231. The lowest BCUT2D eigenvalue weighted by atomic mass is 10.1. The van der Waals surface area contributed by atoms with Gasteiger partial charge in [0.05, 0.1) is 16.8 Å². The standard InChI is InChI=1S/C19H20ClN5O/c20-12-2-4-14-17(10-12)24-8-6-18(14)25(9-1-7-21)19(26)15-11-13(22)3-5-16(15)23/h2-6,8,10-11H,1,7,9,21-23H2. The Morgan fingerprint density at radius 1 is 1.12 bits per heavy atom. The fourth-order valence-corrected chi connectivity index (χ4v) is 2.99. The van der Waals surface area contributed by atoms with Gasteiger partial charge in [-0.3, -0.25) is 9.78 Å². The molecule has 0 bridgehead atoms. The lowest BCUT2D eigenvalue weighted by molar-refractivity contribution is 0.0988. The molecule has 0 saturated heterocycles. The normalized spacial score (nSPS) is 10.8. The van der Waals surface area contributed by atoms with Crippen LogP contribution in [0.3, 0.4) is 0 Å². The van der Waals surface area contributed by atoms with Gasteiger partial charge in [-0.05, 0) is 55.4 Å². The van der Waals surface area contributed by atoms with Gasteiger partial charge in [-0.1, -0.05) is 11.6 Å². The fraction of sp³-hybridized carbons (Fsp3) is 0.158. The van der Waals surface area contributed by atoms with Gasteiger partial charge in [0, 0.05) is 34.5 Å². The minimum absolute atomic E-state index is 0.231. The summed E-state index contributed by atoms with van der Waals surface area (Å²) in [6, 6.07) is 12.1. The molecule has 1 aromatic heterocycles. The van der Waals surface area contributed by atoms with Gasteiger partial charge in [0.1, 0.15) is 0 Å². The Morgan fingerprint density at radius 2 is 1.92 bits per heavy atom. The Kier molecular flexibility index (Phi) is 5.25. The highest BCUT2D eigenvalue weighted by atomic mass is 35.5. The molecule has 0 atom stereocenters. The Morgan fingerprint density at radius 3 is 2.69 bits per heavy atom. The van der Waals surface area contributed by atoms with Crippen molar-refractivity contribution in [2.45, 2.75) is 6.42 Å². The van der Waals surface area contributed by atoms with Crippen LogP contribution in [0, 0.1) is 0 Å². The number of benzene rings is 2. The van der Waals surface area contributed by atoms with E-state index in [1.165, 1.54) is 0 Å². The smallest absolute Gasteiger partial charge is 0.260 e. The van der Waals surface area contributed by atoms with E-state index in [1.54, 1.807) is 47.5 Å². The molecule has 3 rings (SSSR count). The zero-order valence-corrected chi connectivity index (χ0v) is 14.9. The largest absolute Gasteiger partial charge is 0.399 e. The molecular weight excluding hydrogens is 350 g/mol. The molecule has 0 unspecified atom stereocenters. The van der Waals surface area contributed by atoms with Gasteiger partial charge < -0.3 is 22.1 Å². The molecule has 2 aromatic carbocycles. The number of nitrogens with two attached hydrogens (primary N) is 3. The molecule has 0 radical (unpaired) electrons. The van der Waals surface area contributed by atoms with Crippen molar-refractivity contribution < 1.29 is 4.79 Å². The number of carbonyl (C=O) groups excluding carboxylic acids is 1. The minimum atomic E-state index is -0.231. The summed E-state index contributed by atoms with van der Waals surface area (Å²) >= 11 is 6.06. The second-order valence-corrected chi connectivity index (χ2v) is 6.37.